The average molecular weight is 272 g/mol. The molecule has 0 amide bonds. The highest BCUT2D eigenvalue weighted by atomic mass is 35.5. The zero-order valence-electron chi connectivity index (χ0n) is 11.1. The Labute approximate surface area is 113 Å². The molecule has 1 heterocycles. The maximum absolute atomic E-state index is 10.4. The molecule has 0 bridgehead atoms. The van der Waals surface area contributed by atoms with E-state index in [-0.39, 0.29) is 5.92 Å². The highest BCUT2D eigenvalue weighted by Crippen LogP contribution is 2.37. The summed E-state index contributed by atoms with van der Waals surface area (Å²) in [6.45, 7) is 5.05. The third kappa shape index (κ3) is 2.42. The number of aromatic nitrogens is 2. The summed E-state index contributed by atoms with van der Waals surface area (Å²) in [4.78, 5) is 0. The summed E-state index contributed by atoms with van der Waals surface area (Å²) in [7, 11) is 0. The van der Waals surface area contributed by atoms with E-state index in [1.54, 1.807) is 0 Å². The summed E-state index contributed by atoms with van der Waals surface area (Å²) in [5.41, 5.74) is 6.90. The van der Waals surface area contributed by atoms with E-state index in [0.29, 0.717) is 6.54 Å². The van der Waals surface area contributed by atoms with E-state index in [2.05, 4.69) is 5.10 Å². The van der Waals surface area contributed by atoms with Gasteiger partial charge in [-0.1, -0.05) is 18.0 Å². The van der Waals surface area contributed by atoms with Crippen molar-refractivity contribution in [2.45, 2.75) is 51.7 Å². The zero-order chi connectivity index (χ0) is 13.3. The van der Waals surface area contributed by atoms with Crippen LogP contribution in [0.4, 0.5) is 0 Å². The van der Waals surface area contributed by atoms with Gasteiger partial charge in [0, 0.05) is 13.1 Å². The van der Waals surface area contributed by atoms with E-state index in [4.69, 9.17) is 17.3 Å². The molecular formula is C13H22ClN3O. The van der Waals surface area contributed by atoms with Gasteiger partial charge in [0.25, 0.3) is 0 Å². The van der Waals surface area contributed by atoms with Crippen molar-refractivity contribution in [1.82, 2.24) is 9.78 Å². The Hall–Kier alpha value is -0.580. The second-order valence-corrected chi connectivity index (χ2v) is 5.77. The standard InChI is InChI=1S/C13H22ClN3O/c1-9-12(14)10(2)17(16-9)7-5-11-4-3-6-13(11,18)8-15/h11,18H,3-8,15H2,1-2H3. The maximum atomic E-state index is 10.4. The van der Waals surface area contributed by atoms with Crippen molar-refractivity contribution in [3.8, 4) is 0 Å². The van der Waals surface area contributed by atoms with E-state index in [1.165, 1.54) is 0 Å². The van der Waals surface area contributed by atoms with Gasteiger partial charge in [0.2, 0.25) is 0 Å². The van der Waals surface area contributed by atoms with E-state index in [9.17, 15) is 5.11 Å². The lowest BCUT2D eigenvalue weighted by molar-refractivity contribution is 0.00622. The topological polar surface area (TPSA) is 64.1 Å². The minimum atomic E-state index is -0.667. The van der Waals surface area contributed by atoms with Crippen LogP contribution in [0, 0.1) is 19.8 Å². The highest BCUT2D eigenvalue weighted by Gasteiger charge is 2.39. The van der Waals surface area contributed by atoms with Crippen molar-refractivity contribution in [2.75, 3.05) is 6.54 Å². The Morgan fingerprint density at radius 3 is 2.83 bits per heavy atom. The summed E-state index contributed by atoms with van der Waals surface area (Å²) in [5, 5.41) is 15.5. The van der Waals surface area contributed by atoms with Gasteiger partial charge in [-0.15, -0.1) is 0 Å². The van der Waals surface area contributed by atoms with Gasteiger partial charge in [-0.05, 0) is 39.0 Å². The van der Waals surface area contributed by atoms with Crippen LogP contribution in [0.15, 0.2) is 0 Å². The quantitative estimate of drug-likeness (QED) is 0.881. The van der Waals surface area contributed by atoms with Gasteiger partial charge in [0.05, 0.1) is 22.0 Å². The summed E-state index contributed by atoms with van der Waals surface area (Å²) in [6.07, 6.45) is 3.86. The van der Waals surface area contributed by atoms with Crippen LogP contribution in [0.5, 0.6) is 0 Å². The predicted molar refractivity (Wildman–Crippen MR) is 72.7 cm³/mol. The molecule has 1 aliphatic rings. The van der Waals surface area contributed by atoms with Crippen LogP contribution in [0.1, 0.15) is 37.1 Å². The summed E-state index contributed by atoms with van der Waals surface area (Å²) in [5.74, 6) is 0.283. The molecule has 0 aromatic carbocycles. The lowest BCUT2D eigenvalue weighted by Gasteiger charge is -2.28. The summed E-state index contributed by atoms with van der Waals surface area (Å²) < 4.78 is 1.94. The van der Waals surface area contributed by atoms with Gasteiger partial charge < -0.3 is 10.8 Å². The number of halogens is 1. The molecule has 2 atom stereocenters. The number of hydrogen-bond acceptors (Lipinski definition) is 3. The van der Waals surface area contributed by atoms with Gasteiger partial charge in [-0.25, -0.2) is 0 Å². The number of nitrogens with two attached hydrogens (primary N) is 1. The van der Waals surface area contributed by atoms with Crippen molar-refractivity contribution in [1.29, 1.82) is 0 Å². The van der Waals surface area contributed by atoms with E-state index in [0.717, 1.165) is 48.6 Å². The highest BCUT2D eigenvalue weighted by molar-refractivity contribution is 6.31. The first-order valence-electron chi connectivity index (χ1n) is 6.60. The average Bonchev–Trinajstić information content (AvgIpc) is 2.84. The molecule has 4 nitrogen and oxygen atoms in total. The fourth-order valence-corrected chi connectivity index (χ4v) is 3.12. The van der Waals surface area contributed by atoms with Crippen molar-refractivity contribution < 1.29 is 5.11 Å². The lowest BCUT2D eigenvalue weighted by atomic mass is 9.88. The number of hydrogen-bond donors (Lipinski definition) is 2. The van der Waals surface area contributed by atoms with Gasteiger partial charge in [-0.2, -0.15) is 5.10 Å². The second kappa shape index (κ2) is 5.19. The first-order valence-corrected chi connectivity index (χ1v) is 6.97. The number of aliphatic hydroxyl groups is 1. The molecule has 1 aliphatic carbocycles. The number of aryl methyl sites for hydroxylation is 2. The normalized spacial score (nSPS) is 27.9. The van der Waals surface area contributed by atoms with E-state index < -0.39 is 5.60 Å². The minimum Gasteiger partial charge on any atom is -0.388 e. The Bertz CT molecular complexity index is 432. The molecule has 5 heteroatoms. The molecule has 1 aromatic rings. The van der Waals surface area contributed by atoms with Crippen LogP contribution in [0.3, 0.4) is 0 Å². The fourth-order valence-electron chi connectivity index (χ4n) is 2.98. The Balaban J connectivity index is 2.01. The molecule has 1 saturated carbocycles. The third-order valence-corrected chi connectivity index (χ3v) is 4.81. The smallest absolute Gasteiger partial charge is 0.0844 e. The largest absolute Gasteiger partial charge is 0.388 e. The SMILES string of the molecule is Cc1nn(CCC2CCCC2(O)CN)c(C)c1Cl. The molecule has 1 fully saturated rings. The second-order valence-electron chi connectivity index (χ2n) is 5.39. The first kappa shape index (κ1) is 13.8. The van der Waals surface area contributed by atoms with Crippen LogP contribution < -0.4 is 5.73 Å². The molecular weight excluding hydrogens is 250 g/mol. The zero-order valence-corrected chi connectivity index (χ0v) is 11.9. The molecule has 0 spiro atoms. The van der Waals surface area contributed by atoms with E-state index >= 15 is 0 Å². The lowest BCUT2D eigenvalue weighted by Crippen LogP contribution is -2.41. The molecule has 0 aliphatic heterocycles. The molecule has 102 valence electrons. The Kier molecular flexibility index (Phi) is 3.99. The van der Waals surface area contributed by atoms with Crippen LogP contribution in [-0.2, 0) is 6.54 Å². The molecule has 2 rings (SSSR count). The van der Waals surface area contributed by atoms with Crippen molar-refractivity contribution in [3.05, 3.63) is 16.4 Å². The van der Waals surface area contributed by atoms with Crippen LogP contribution in [0.2, 0.25) is 5.02 Å². The van der Waals surface area contributed by atoms with Crippen molar-refractivity contribution >= 4 is 11.6 Å². The van der Waals surface area contributed by atoms with Gasteiger partial charge in [0.1, 0.15) is 0 Å². The monoisotopic (exact) mass is 271 g/mol. The Morgan fingerprint density at radius 2 is 2.28 bits per heavy atom. The molecule has 3 N–H and O–H groups in total. The van der Waals surface area contributed by atoms with E-state index in [1.807, 2.05) is 18.5 Å². The summed E-state index contributed by atoms with van der Waals surface area (Å²) >= 11 is 6.12. The third-order valence-electron chi connectivity index (χ3n) is 4.26. The Morgan fingerprint density at radius 1 is 1.56 bits per heavy atom. The van der Waals surface area contributed by atoms with Crippen molar-refractivity contribution in [2.24, 2.45) is 11.7 Å². The minimum absolute atomic E-state index is 0.283. The fraction of sp³-hybridized carbons (Fsp3) is 0.769. The molecule has 0 saturated heterocycles. The van der Waals surface area contributed by atoms with Crippen LogP contribution in [-0.4, -0.2) is 27.0 Å². The van der Waals surface area contributed by atoms with Gasteiger partial charge in [0.15, 0.2) is 0 Å². The van der Waals surface area contributed by atoms with Crippen molar-refractivity contribution in [3.63, 3.8) is 0 Å². The number of nitrogens with zero attached hydrogens (tertiary/aromatic N) is 2. The molecule has 1 aromatic heterocycles. The van der Waals surface area contributed by atoms with Gasteiger partial charge >= 0.3 is 0 Å². The molecule has 0 radical (unpaired) electrons. The summed E-state index contributed by atoms with van der Waals surface area (Å²) in [6, 6.07) is 0. The van der Waals surface area contributed by atoms with Gasteiger partial charge in [-0.3, -0.25) is 4.68 Å². The number of rotatable bonds is 4. The van der Waals surface area contributed by atoms with Crippen LogP contribution >= 0.6 is 11.6 Å². The molecule has 18 heavy (non-hydrogen) atoms. The predicted octanol–water partition coefficient (Wildman–Crippen LogP) is 2.03. The maximum Gasteiger partial charge on any atom is 0.0844 e. The van der Waals surface area contributed by atoms with Crippen LogP contribution in [0.25, 0.3) is 0 Å². The molecule has 2 unspecified atom stereocenters. The first-order chi connectivity index (χ1) is 8.48.